The molecule has 0 radical (unpaired) electrons. The summed E-state index contributed by atoms with van der Waals surface area (Å²) in [5, 5.41) is 3.34. The van der Waals surface area contributed by atoms with Crippen LogP contribution < -0.4 is 0 Å². The number of nitrogens with zero attached hydrogens (tertiary/aromatic N) is 1. The molecule has 0 fully saturated rings. The van der Waals surface area contributed by atoms with Gasteiger partial charge in [0, 0.05) is 15.8 Å². The van der Waals surface area contributed by atoms with E-state index in [2.05, 4.69) is 105 Å². The van der Waals surface area contributed by atoms with Crippen LogP contribution in [-0.4, -0.2) is 4.57 Å². The van der Waals surface area contributed by atoms with E-state index in [1.165, 1.54) is 62.6 Å². The van der Waals surface area contributed by atoms with Crippen LogP contribution in [0.2, 0.25) is 5.02 Å². The Balaban J connectivity index is 1.67. The molecular formula is C32H30ClN. The Morgan fingerprint density at radius 3 is 2.12 bits per heavy atom. The molecule has 0 amide bonds. The summed E-state index contributed by atoms with van der Waals surface area (Å²) in [5.41, 5.74) is 9.53. The van der Waals surface area contributed by atoms with E-state index < -0.39 is 0 Å². The molecule has 0 aliphatic heterocycles. The highest BCUT2D eigenvalue weighted by Gasteiger charge is 2.39. The lowest BCUT2D eigenvalue weighted by atomic mass is 9.62. The molecule has 4 aromatic carbocycles. The first-order valence-corrected chi connectivity index (χ1v) is 12.6. The number of hydrogen-bond donors (Lipinski definition) is 0. The van der Waals surface area contributed by atoms with Gasteiger partial charge in [-0.3, -0.25) is 0 Å². The maximum Gasteiger partial charge on any atom is 0.0541 e. The summed E-state index contributed by atoms with van der Waals surface area (Å²) in [6, 6.07) is 30.7. The monoisotopic (exact) mass is 463 g/mol. The van der Waals surface area contributed by atoms with Gasteiger partial charge in [0.15, 0.2) is 0 Å². The molecule has 170 valence electrons. The molecule has 0 spiro atoms. The Morgan fingerprint density at radius 1 is 0.647 bits per heavy atom. The van der Waals surface area contributed by atoms with E-state index >= 15 is 0 Å². The summed E-state index contributed by atoms with van der Waals surface area (Å²) in [6.45, 7) is 9.62. The lowest BCUT2D eigenvalue weighted by Crippen LogP contribution is -2.35. The molecule has 6 rings (SSSR count). The van der Waals surface area contributed by atoms with E-state index in [0.29, 0.717) is 0 Å². The molecule has 0 unspecified atom stereocenters. The van der Waals surface area contributed by atoms with Gasteiger partial charge in [0.05, 0.1) is 16.7 Å². The van der Waals surface area contributed by atoms with Crippen molar-refractivity contribution in [1.82, 2.24) is 4.57 Å². The second kappa shape index (κ2) is 7.48. The summed E-state index contributed by atoms with van der Waals surface area (Å²) >= 11 is 6.14. The van der Waals surface area contributed by atoms with Crippen LogP contribution in [-0.2, 0) is 10.8 Å². The first-order chi connectivity index (χ1) is 16.3. The highest BCUT2D eigenvalue weighted by atomic mass is 35.5. The van der Waals surface area contributed by atoms with Gasteiger partial charge in [-0.25, -0.2) is 0 Å². The van der Waals surface area contributed by atoms with Crippen molar-refractivity contribution in [3.63, 3.8) is 0 Å². The summed E-state index contributed by atoms with van der Waals surface area (Å²) in [4.78, 5) is 0. The molecule has 34 heavy (non-hydrogen) atoms. The summed E-state index contributed by atoms with van der Waals surface area (Å²) in [7, 11) is 0. The van der Waals surface area contributed by atoms with Crippen molar-refractivity contribution < 1.29 is 0 Å². The van der Waals surface area contributed by atoms with Crippen molar-refractivity contribution in [2.75, 3.05) is 0 Å². The topological polar surface area (TPSA) is 4.93 Å². The van der Waals surface area contributed by atoms with Crippen LogP contribution in [0.15, 0.2) is 84.9 Å². The van der Waals surface area contributed by atoms with Gasteiger partial charge < -0.3 is 4.57 Å². The Labute approximate surface area is 207 Å². The summed E-state index contributed by atoms with van der Waals surface area (Å²) in [5.74, 6) is 0. The Morgan fingerprint density at radius 2 is 1.32 bits per heavy atom. The van der Waals surface area contributed by atoms with Crippen LogP contribution in [0, 0.1) is 0 Å². The Hall–Kier alpha value is -3.03. The van der Waals surface area contributed by atoms with E-state index in [0.717, 1.165) is 5.02 Å². The van der Waals surface area contributed by atoms with E-state index in [4.69, 9.17) is 11.6 Å². The Bertz CT molecular complexity index is 1550. The minimum Gasteiger partial charge on any atom is -0.309 e. The third-order valence-electron chi connectivity index (χ3n) is 7.91. The first kappa shape index (κ1) is 21.5. The number of aromatic nitrogens is 1. The zero-order valence-electron chi connectivity index (χ0n) is 20.3. The van der Waals surface area contributed by atoms with Crippen LogP contribution >= 0.6 is 11.6 Å². The molecule has 0 N–H and O–H groups in total. The highest BCUT2D eigenvalue weighted by molar-refractivity contribution is 6.30. The normalized spacial score (nSPS) is 16.6. The molecule has 5 aromatic rings. The van der Waals surface area contributed by atoms with Crippen molar-refractivity contribution >= 4 is 33.4 Å². The zero-order valence-corrected chi connectivity index (χ0v) is 21.1. The average Bonchev–Trinajstić information content (AvgIpc) is 3.16. The molecule has 0 saturated carbocycles. The van der Waals surface area contributed by atoms with Gasteiger partial charge >= 0.3 is 0 Å². The number of rotatable bonds is 2. The quantitative estimate of drug-likeness (QED) is 0.245. The summed E-state index contributed by atoms with van der Waals surface area (Å²) < 4.78 is 2.50. The number of halogens is 1. The largest absolute Gasteiger partial charge is 0.309 e. The lowest BCUT2D eigenvalue weighted by Gasteiger charge is -2.43. The third-order valence-corrected chi connectivity index (χ3v) is 8.17. The van der Waals surface area contributed by atoms with E-state index in [1.807, 2.05) is 12.1 Å². The third kappa shape index (κ3) is 3.21. The fraction of sp³-hybridized carbons (Fsp3) is 0.250. The van der Waals surface area contributed by atoms with Gasteiger partial charge in [-0.2, -0.15) is 0 Å². The van der Waals surface area contributed by atoms with Gasteiger partial charge in [-0.15, -0.1) is 0 Å². The van der Waals surface area contributed by atoms with Crippen molar-refractivity contribution in [2.24, 2.45) is 0 Å². The number of para-hydroxylation sites is 1. The van der Waals surface area contributed by atoms with Crippen molar-refractivity contribution in [1.29, 1.82) is 0 Å². The molecule has 1 aromatic heterocycles. The predicted octanol–water partition coefficient (Wildman–Crippen LogP) is 9.45. The average molecular weight is 464 g/mol. The maximum atomic E-state index is 6.14. The van der Waals surface area contributed by atoms with E-state index in [9.17, 15) is 0 Å². The van der Waals surface area contributed by atoms with Gasteiger partial charge in [-0.1, -0.05) is 87.8 Å². The van der Waals surface area contributed by atoms with Crippen molar-refractivity contribution in [3.05, 3.63) is 101 Å². The molecule has 0 atom stereocenters. The van der Waals surface area contributed by atoms with Crippen LogP contribution in [0.4, 0.5) is 0 Å². The highest BCUT2D eigenvalue weighted by Crippen LogP contribution is 2.49. The van der Waals surface area contributed by atoms with Gasteiger partial charge in [0.1, 0.15) is 0 Å². The molecular weight excluding hydrogens is 434 g/mol. The second-order valence-electron chi connectivity index (χ2n) is 11.1. The lowest BCUT2D eigenvalue weighted by molar-refractivity contribution is 0.331. The molecule has 0 bridgehead atoms. The standard InChI is InChI=1S/C32H30ClN/c1-31(2)18-19-32(3,4)30-26(31)9-7-11-29(30)34-27-10-6-5-8-24(27)25-20-22(14-17-28(25)34)21-12-15-23(33)16-13-21/h5-17,20H,18-19H2,1-4H3. The van der Waals surface area contributed by atoms with Crippen LogP contribution in [0.1, 0.15) is 51.7 Å². The van der Waals surface area contributed by atoms with Crippen LogP contribution in [0.5, 0.6) is 0 Å². The fourth-order valence-electron chi connectivity index (χ4n) is 5.94. The predicted molar refractivity (Wildman–Crippen MR) is 147 cm³/mol. The number of benzene rings is 4. The van der Waals surface area contributed by atoms with Crippen molar-refractivity contribution in [2.45, 2.75) is 51.4 Å². The van der Waals surface area contributed by atoms with Gasteiger partial charge in [0.25, 0.3) is 0 Å². The fourth-order valence-corrected chi connectivity index (χ4v) is 6.07. The maximum absolute atomic E-state index is 6.14. The molecule has 1 aliphatic carbocycles. The SMILES string of the molecule is CC1(C)CCC(C)(C)c2c(-n3c4ccccc4c4cc(-c5ccc(Cl)cc5)ccc43)cccc21. The zero-order chi connectivity index (χ0) is 23.7. The van der Waals surface area contributed by atoms with E-state index in [1.54, 1.807) is 0 Å². The minimum atomic E-state index is 0.127. The Kier molecular flexibility index (Phi) is 4.73. The van der Waals surface area contributed by atoms with Crippen LogP contribution in [0.25, 0.3) is 38.6 Å². The molecule has 1 aliphatic rings. The molecule has 1 heterocycles. The summed E-state index contributed by atoms with van der Waals surface area (Å²) in [6.07, 6.45) is 2.41. The number of hydrogen-bond acceptors (Lipinski definition) is 0. The minimum absolute atomic E-state index is 0.127. The van der Waals surface area contributed by atoms with Crippen molar-refractivity contribution in [3.8, 4) is 16.8 Å². The van der Waals surface area contributed by atoms with Gasteiger partial charge in [-0.05, 0) is 82.3 Å². The first-order valence-electron chi connectivity index (χ1n) is 12.2. The van der Waals surface area contributed by atoms with Crippen LogP contribution in [0.3, 0.4) is 0 Å². The second-order valence-corrected chi connectivity index (χ2v) is 11.5. The molecule has 0 saturated heterocycles. The molecule has 1 nitrogen and oxygen atoms in total. The van der Waals surface area contributed by atoms with E-state index in [-0.39, 0.29) is 10.8 Å². The number of fused-ring (bicyclic) bond motifs is 4. The molecule has 2 heteroatoms. The smallest absolute Gasteiger partial charge is 0.0541 e. The van der Waals surface area contributed by atoms with Gasteiger partial charge in [0.2, 0.25) is 0 Å².